The molecule has 0 bridgehead atoms. The van der Waals surface area contributed by atoms with Crippen LogP contribution in [0, 0.1) is 5.41 Å². The van der Waals surface area contributed by atoms with Crippen molar-refractivity contribution in [1.82, 2.24) is 0 Å². The van der Waals surface area contributed by atoms with E-state index in [9.17, 15) is 28.8 Å². The van der Waals surface area contributed by atoms with Crippen LogP contribution in [0.5, 0.6) is 0 Å². The fourth-order valence-corrected chi connectivity index (χ4v) is 1.28. The summed E-state index contributed by atoms with van der Waals surface area (Å²) in [6.45, 7) is 25.2. The van der Waals surface area contributed by atoms with Gasteiger partial charge in [-0.05, 0) is 27.2 Å². The maximum Gasteiger partial charge on any atom is 0.330 e. The van der Waals surface area contributed by atoms with Crippen LogP contribution in [0.15, 0.2) is 74.4 Å². The van der Waals surface area contributed by atoms with Gasteiger partial charge >= 0.3 is 35.8 Å². The predicted octanol–water partition coefficient (Wildman–Crippen LogP) is 3.51. The van der Waals surface area contributed by atoms with Gasteiger partial charge in [0.25, 0.3) is 0 Å². The highest BCUT2D eigenvalue weighted by Crippen LogP contribution is 2.24. The molecule has 12 heteroatoms. The van der Waals surface area contributed by atoms with Gasteiger partial charge in [-0.2, -0.15) is 0 Å². The molecule has 0 radical (unpaired) electrons. The number of rotatable bonds is 13. The zero-order valence-corrected chi connectivity index (χ0v) is 22.8. The van der Waals surface area contributed by atoms with E-state index in [-0.39, 0.29) is 36.5 Å². The Morgan fingerprint density at radius 2 is 0.769 bits per heavy atom. The second-order valence-electron chi connectivity index (χ2n) is 7.55. The van der Waals surface area contributed by atoms with Crippen LogP contribution >= 0.6 is 0 Å². The summed E-state index contributed by atoms with van der Waals surface area (Å²) in [6.07, 6.45) is 3.51. The van der Waals surface area contributed by atoms with Gasteiger partial charge in [0, 0.05) is 34.9 Å². The lowest BCUT2D eigenvalue weighted by atomic mass is 9.88. The summed E-state index contributed by atoms with van der Waals surface area (Å²) in [5.74, 6) is -4.64. The number of aliphatic carboxylic acids is 3. The molecule has 0 aliphatic rings. The minimum Gasteiger partial charge on any atom is -0.478 e. The highest BCUT2D eigenvalue weighted by molar-refractivity contribution is 5.85. The SMILES string of the molecule is C=C(C)C(=O)O.C=C(C)C(=O)O.C=C(C)C(=O)O.C=CC(=O)OCC(CC)(COC(=O)C=C)COC(=O)C=C. The lowest BCUT2D eigenvalue weighted by Crippen LogP contribution is -2.38. The van der Waals surface area contributed by atoms with Crippen molar-refractivity contribution in [2.75, 3.05) is 19.8 Å². The number of ether oxygens (including phenoxy) is 3. The molecule has 0 saturated carbocycles. The Bertz CT molecular complexity index is 788. The van der Waals surface area contributed by atoms with E-state index >= 15 is 0 Å². The second-order valence-corrected chi connectivity index (χ2v) is 7.55. The first-order chi connectivity index (χ1) is 17.9. The van der Waals surface area contributed by atoms with E-state index in [0.29, 0.717) is 6.42 Å². The molecular formula is C27H38O12. The van der Waals surface area contributed by atoms with Crippen molar-refractivity contribution in [2.45, 2.75) is 34.1 Å². The third kappa shape index (κ3) is 27.7. The number of carbonyl (C=O) groups excluding carboxylic acids is 3. The molecule has 0 rings (SSSR count). The average molecular weight is 555 g/mol. The number of carbonyl (C=O) groups is 6. The molecule has 0 heterocycles. The Balaban J connectivity index is -0.000000274. The van der Waals surface area contributed by atoms with E-state index in [0.717, 1.165) is 18.2 Å². The standard InChI is InChI=1S/C15H20O6.3C4H6O2/c1-5-12(16)19-9-15(8-4,10-20-13(17)6-2)11-21-14(18)7-3;3*1-3(2)4(5)6/h5-7H,1-3,8-11H2,4H3;3*1H2,2H3,(H,5,6). The number of esters is 3. The summed E-state index contributed by atoms with van der Waals surface area (Å²) in [5.41, 5.74) is -0.310. The third-order valence-electron chi connectivity index (χ3n) is 3.91. The third-order valence-corrected chi connectivity index (χ3v) is 3.91. The van der Waals surface area contributed by atoms with Gasteiger partial charge < -0.3 is 29.5 Å². The highest BCUT2D eigenvalue weighted by Gasteiger charge is 2.33. The molecule has 0 fully saturated rings. The molecular weight excluding hydrogens is 516 g/mol. The molecule has 0 aromatic heterocycles. The van der Waals surface area contributed by atoms with Gasteiger partial charge in [0.2, 0.25) is 0 Å². The highest BCUT2D eigenvalue weighted by atomic mass is 16.6. The lowest BCUT2D eigenvalue weighted by molar-refractivity contribution is -0.156. The van der Waals surface area contributed by atoms with Crippen molar-refractivity contribution in [3.63, 3.8) is 0 Å². The summed E-state index contributed by atoms with van der Waals surface area (Å²) in [6, 6.07) is 0. The first-order valence-corrected chi connectivity index (χ1v) is 10.9. The molecule has 39 heavy (non-hydrogen) atoms. The van der Waals surface area contributed by atoms with E-state index in [1.54, 1.807) is 6.92 Å². The fraction of sp³-hybridized carbons (Fsp3) is 0.333. The van der Waals surface area contributed by atoms with Crippen molar-refractivity contribution in [3.05, 3.63) is 74.4 Å². The van der Waals surface area contributed by atoms with Crippen LogP contribution in [0.4, 0.5) is 0 Å². The lowest BCUT2D eigenvalue weighted by Gasteiger charge is -2.30. The summed E-state index contributed by atoms with van der Waals surface area (Å²) < 4.78 is 15.0. The van der Waals surface area contributed by atoms with Crippen LogP contribution in [0.1, 0.15) is 34.1 Å². The number of carboxylic acids is 3. The Morgan fingerprint density at radius 1 is 0.590 bits per heavy atom. The van der Waals surface area contributed by atoms with Crippen molar-refractivity contribution in [2.24, 2.45) is 5.41 Å². The van der Waals surface area contributed by atoms with E-state index in [1.165, 1.54) is 20.8 Å². The minimum absolute atomic E-state index is 0.0802. The van der Waals surface area contributed by atoms with E-state index in [2.05, 4.69) is 39.5 Å². The second kappa shape index (κ2) is 23.6. The first kappa shape index (κ1) is 41.4. The zero-order valence-electron chi connectivity index (χ0n) is 22.8. The van der Waals surface area contributed by atoms with Gasteiger partial charge in [0.1, 0.15) is 19.8 Å². The largest absolute Gasteiger partial charge is 0.478 e. The van der Waals surface area contributed by atoms with Crippen LogP contribution in [0.3, 0.4) is 0 Å². The molecule has 0 amide bonds. The average Bonchev–Trinajstić information content (AvgIpc) is 2.88. The van der Waals surface area contributed by atoms with Crippen LogP contribution in [0.25, 0.3) is 0 Å². The van der Waals surface area contributed by atoms with Gasteiger partial charge in [-0.15, -0.1) is 0 Å². The first-order valence-electron chi connectivity index (χ1n) is 10.9. The Morgan fingerprint density at radius 3 is 0.872 bits per heavy atom. The van der Waals surface area contributed by atoms with Crippen molar-refractivity contribution in [3.8, 4) is 0 Å². The van der Waals surface area contributed by atoms with Crippen molar-refractivity contribution in [1.29, 1.82) is 0 Å². The van der Waals surface area contributed by atoms with E-state index < -0.39 is 41.2 Å². The topological polar surface area (TPSA) is 191 Å². The quantitative estimate of drug-likeness (QED) is 0.171. The number of hydrogen-bond donors (Lipinski definition) is 3. The Hall–Kier alpha value is -4.74. The normalized spacial score (nSPS) is 8.92. The molecule has 0 aliphatic heterocycles. The van der Waals surface area contributed by atoms with Gasteiger partial charge in [-0.25, -0.2) is 28.8 Å². The molecule has 0 aromatic rings. The molecule has 0 saturated heterocycles. The maximum atomic E-state index is 11.2. The molecule has 0 atom stereocenters. The van der Waals surface area contributed by atoms with Gasteiger partial charge in [-0.3, -0.25) is 0 Å². The van der Waals surface area contributed by atoms with E-state index in [4.69, 9.17) is 29.5 Å². The fourth-order valence-electron chi connectivity index (χ4n) is 1.28. The Kier molecular flexibility index (Phi) is 25.1. The smallest absolute Gasteiger partial charge is 0.330 e. The molecule has 0 spiro atoms. The predicted molar refractivity (Wildman–Crippen MR) is 144 cm³/mol. The van der Waals surface area contributed by atoms with Crippen LogP contribution in [0.2, 0.25) is 0 Å². The summed E-state index contributed by atoms with van der Waals surface area (Å²) >= 11 is 0. The van der Waals surface area contributed by atoms with Crippen molar-refractivity contribution >= 4 is 35.8 Å². The van der Waals surface area contributed by atoms with Crippen LogP contribution < -0.4 is 0 Å². The van der Waals surface area contributed by atoms with Gasteiger partial charge in [0.05, 0.1) is 5.41 Å². The number of carboxylic acid groups (broad SMARTS) is 3. The molecule has 3 N–H and O–H groups in total. The van der Waals surface area contributed by atoms with Crippen LogP contribution in [-0.2, 0) is 43.0 Å². The Labute approximate surface area is 228 Å². The number of hydrogen-bond acceptors (Lipinski definition) is 9. The van der Waals surface area contributed by atoms with Crippen molar-refractivity contribution < 1.29 is 58.3 Å². The van der Waals surface area contributed by atoms with Crippen LogP contribution in [-0.4, -0.2) is 71.0 Å². The molecule has 0 aliphatic carbocycles. The van der Waals surface area contributed by atoms with Gasteiger partial charge in [0.15, 0.2) is 0 Å². The summed E-state index contributed by atoms with van der Waals surface area (Å²) in [5, 5.41) is 23.7. The molecule has 0 aromatic carbocycles. The molecule has 12 nitrogen and oxygen atoms in total. The van der Waals surface area contributed by atoms with Gasteiger partial charge in [-0.1, -0.05) is 46.4 Å². The zero-order chi connectivity index (χ0) is 31.8. The monoisotopic (exact) mass is 554 g/mol. The van der Waals surface area contributed by atoms with E-state index in [1.807, 2.05) is 0 Å². The molecule has 218 valence electrons. The summed E-state index contributed by atoms with van der Waals surface area (Å²) in [4.78, 5) is 62.3. The minimum atomic E-state index is -0.935. The molecule has 0 unspecified atom stereocenters. The summed E-state index contributed by atoms with van der Waals surface area (Å²) in [7, 11) is 0. The maximum absolute atomic E-state index is 11.2.